The largest absolute Gasteiger partial charge is 0.352 e. The highest BCUT2D eigenvalue weighted by atomic mass is 32.2. The molecule has 3 aromatic rings. The molecule has 1 N–H and O–H groups in total. The van der Waals surface area contributed by atoms with Crippen LogP contribution in [0, 0.1) is 5.82 Å². The van der Waals surface area contributed by atoms with Crippen LogP contribution in [-0.4, -0.2) is 23.3 Å². The first-order valence-electron chi connectivity index (χ1n) is 9.67. The van der Waals surface area contributed by atoms with Crippen molar-refractivity contribution in [1.29, 1.82) is 0 Å². The Bertz CT molecular complexity index is 1070. The Hall–Kier alpha value is -3.19. The number of aromatic nitrogens is 1. The summed E-state index contributed by atoms with van der Waals surface area (Å²) in [6, 6.07) is 17.2. The van der Waals surface area contributed by atoms with Gasteiger partial charge >= 0.3 is 0 Å². The van der Waals surface area contributed by atoms with Crippen molar-refractivity contribution >= 4 is 29.3 Å². The quantitative estimate of drug-likeness (QED) is 0.640. The fourth-order valence-electron chi connectivity index (χ4n) is 3.27. The zero-order valence-corrected chi connectivity index (χ0v) is 17.0. The van der Waals surface area contributed by atoms with Gasteiger partial charge in [0.05, 0.1) is 11.3 Å². The Labute approximate surface area is 178 Å². The van der Waals surface area contributed by atoms with E-state index in [1.54, 1.807) is 23.2 Å². The molecular weight excluding hydrogens is 401 g/mol. The molecule has 1 aliphatic rings. The van der Waals surface area contributed by atoms with Gasteiger partial charge in [0.2, 0.25) is 5.91 Å². The number of benzene rings is 2. The van der Waals surface area contributed by atoms with Crippen molar-refractivity contribution in [3.05, 3.63) is 83.8 Å². The van der Waals surface area contributed by atoms with Gasteiger partial charge in [-0.2, -0.15) is 0 Å². The highest BCUT2D eigenvalue weighted by Gasteiger charge is 2.27. The summed E-state index contributed by atoms with van der Waals surface area (Å²) in [4.78, 5) is 32.4. The number of pyridine rings is 1. The van der Waals surface area contributed by atoms with Crippen molar-refractivity contribution in [2.45, 2.75) is 29.3 Å². The van der Waals surface area contributed by atoms with Gasteiger partial charge in [-0.3, -0.25) is 9.59 Å². The molecule has 0 aliphatic carbocycles. The molecule has 0 unspecified atom stereocenters. The van der Waals surface area contributed by atoms with Crippen LogP contribution >= 0.6 is 11.8 Å². The van der Waals surface area contributed by atoms with Gasteiger partial charge in [0.1, 0.15) is 10.8 Å². The van der Waals surface area contributed by atoms with E-state index in [-0.39, 0.29) is 24.1 Å². The summed E-state index contributed by atoms with van der Waals surface area (Å²) in [6.45, 7) is 0.759. The maximum absolute atomic E-state index is 13.2. The molecule has 2 aromatic carbocycles. The zero-order chi connectivity index (χ0) is 20.9. The van der Waals surface area contributed by atoms with Crippen molar-refractivity contribution in [3.8, 4) is 0 Å². The van der Waals surface area contributed by atoms with Crippen LogP contribution in [0.3, 0.4) is 0 Å². The Morgan fingerprint density at radius 3 is 2.70 bits per heavy atom. The summed E-state index contributed by atoms with van der Waals surface area (Å²) >= 11 is 1.48. The predicted molar refractivity (Wildman–Crippen MR) is 114 cm³/mol. The van der Waals surface area contributed by atoms with Crippen molar-refractivity contribution in [1.82, 2.24) is 10.3 Å². The number of anilines is 1. The minimum atomic E-state index is -0.304. The van der Waals surface area contributed by atoms with Crippen LogP contribution in [-0.2, 0) is 11.3 Å². The van der Waals surface area contributed by atoms with Crippen LogP contribution in [0.1, 0.15) is 28.8 Å². The van der Waals surface area contributed by atoms with Gasteiger partial charge in [0.15, 0.2) is 0 Å². The highest BCUT2D eigenvalue weighted by molar-refractivity contribution is 7.99. The van der Waals surface area contributed by atoms with E-state index in [1.807, 2.05) is 36.4 Å². The third-order valence-electron chi connectivity index (χ3n) is 4.80. The Kier molecular flexibility index (Phi) is 6.09. The van der Waals surface area contributed by atoms with E-state index in [0.717, 1.165) is 21.2 Å². The molecule has 4 rings (SSSR count). The summed E-state index contributed by atoms with van der Waals surface area (Å²) in [7, 11) is 0. The van der Waals surface area contributed by atoms with E-state index in [2.05, 4.69) is 10.3 Å². The fraction of sp³-hybridized carbons (Fsp3) is 0.174. The third kappa shape index (κ3) is 4.52. The first-order valence-corrected chi connectivity index (χ1v) is 10.5. The Morgan fingerprint density at radius 1 is 1.07 bits per heavy atom. The first kappa shape index (κ1) is 20.1. The Morgan fingerprint density at radius 2 is 1.87 bits per heavy atom. The smallest absolute Gasteiger partial charge is 0.259 e. The van der Waals surface area contributed by atoms with Crippen LogP contribution in [0.4, 0.5) is 10.1 Å². The van der Waals surface area contributed by atoms with Gasteiger partial charge in [0, 0.05) is 30.6 Å². The molecule has 0 fully saturated rings. The molecular formula is C23H20FN3O2S. The number of fused-ring (bicyclic) bond motifs is 2. The fourth-order valence-corrected chi connectivity index (χ4v) is 4.29. The number of carbonyl (C=O) groups is 2. The lowest BCUT2D eigenvalue weighted by Gasteiger charge is -2.22. The molecule has 152 valence electrons. The maximum atomic E-state index is 13.2. The number of hydrogen-bond acceptors (Lipinski definition) is 4. The second kappa shape index (κ2) is 9.09. The number of nitrogens with one attached hydrogen (secondary N) is 1. The summed E-state index contributed by atoms with van der Waals surface area (Å²) in [6.07, 6.45) is 2.52. The van der Waals surface area contributed by atoms with Gasteiger partial charge < -0.3 is 10.2 Å². The van der Waals surface area contributed by atoms with Gasteiger partial charge in [-0.05, 0) is 48.4 Å². The van der Waals surface area contributed by atoms with Crippen LogP contribution in [0.5, 0.6) is 0 Å². The summed E-state index contributed by atoms with van der Waals surface area (Å²) in [5, 5.41) is 3.61. The number of carbonyl (C=O) groups excluding carboxylic acids is 2. The lowest BCUT2D eigenvalue weighted by Crippen LogP contribution is -2.33. The number of hydrogen-bond donors (Lipinski definition) is 1. The molecule has 0 radical (unpaired) electrons. The minimum absolute atomic E-state index is 0.0865. The Balaban J connectivity index is 1.40. The SMILES string of the molecule is O=C(CCCN1C(=O)c2ccccc2Sc2ncccc21)NCc1ccc(F)cc1. The van der Waals surface area contributed by atoms with E-state index >= 15 is 0 Å². The number of rotatable bonds is 6. The average molecular weight is 421 g/mol. The molecule has 1 aromatic heterocycles. The van der Waals surface area contributed by atoms with Gasteiger partial charge in [0.25, 0.3) is 5.91 Å². The van der Waals surface area contributed by atoms with Crippen LogP contribution in [0.2, 0.25) is 0 Å². The zero-order valence-electron chi connectivity index (χ0n) is 16.2. The molecule has 0 spiro atoms. The summed E-state index contributed by atoms with van der Waals surface area (Å²) in [5.41, 5.74) is 2.23. The summed E-state index contributed by atoms with van der Waals surface area (Å²) in [5.74, 6) is -0.499. The molecule has 0 saturated carbocycles. The normalized spacial score (nSPS) is 12.7. The van der Waals surface area contributed by atoms with Gasteiger partial charge in [-0.15, -0.1) is 0 Å². The van der Waals surface area contributed by atoms with E-state index < -0.39 is 0 Å². The standard InChI is InChI=1S/C23H20FN3O2S/c24-17-11-9-16(10-12-17)15-26-21(28)8-4-14-27-19-6-3-13-25-22(19)30-20-7-2-1-5-18(20)23(27)29/h1-3,5-7,9-13H,4,8,14-15H2,(H,26,28). The molecule has 7 heteroatoms. The minimum Gasteiger partial charge on any atom is -0.352 e. The van der Waals surface area contributed by atoms with E-state index in [4.69, 9.17) is 0 Å². The molecule has 2 heterocycles. The molecule has 2 amide bonds. The van der Waals surface area contributed by atoms with Crippen molar-refractivity contribution in [2.75, 3.05) is 11.4 Å². The topological polar surface area (TPSA) is 62.3 Å². The molecule has 30 heavy (non-hydrogen) atoms. The van der Waals surface area contributed by atoms with Crippen molar-refractivity contribution in [2.24, 2.45) is 0 Å². The monoisotopic (exact) mass is 421 g/mol. The number of amides is 2. The number of halogens is 1. The lowest BCUT2D eigenvalue weighted by molar-refractivity contribution is -0.121. The molecule has 0 bridgehead atoms. The van der Waals surface area contributed by atoms with Gasteiger partial charge in [-0.1, -0.05) is 36.0 Å². The first-order chi connectivity index (χ1) is 14.6. The second-order valence-electron chi connectivity index (χ2n) is 6.89. The number of nitrogens with zero attached hydrogens (tertiary/aromatic N) is 2. The molecule has 5 nitrogen and oxygen atoms in total. The average Bonchev–Trinajstić information content (AvgIpc) is 2.88. The van der Waals surface area contributed by atoms with E-state index in [1.165, 1.54) is 23.9 Å². The molecule has 0 saturated heterocycles. The predicted octanol–water partition coefficient (Wildman–Crippen LogP) is 4.43. The third-order valence-corrected chi connectivity index (χ3v) is 5.88. The highest BCUT2D eigenvalue weighted by Crippen LogP contribution is 2.39. The van der Waals surface area contributed by atoms with Crippen molar-refractivity contribution in [3.63, 3.8) is 0 Å². The second-order valence-corrected chi connectivity index (χ2v) is 7.92. The molecule has 0 atom stereocenters. The molecule has 1 aliphatic heterocycles. The van der Waals surface area contributed by atoms with Crippen LogP contribution in [0.15, 0.2) is 76.8 Å². The maximum Gasteiger partial charge on any atom is 0.259 e. The van der Waals surface area contributed by atoms with E-state index in [9.17, 15) is 14.0 Å². The van der Waals surface area contributed by atoms with Crippen molar-refractivity contribution < 1.29 is 14.0 Å². The van der Waals surface area contributed by atoms with Crippen LogP contribution < -0.4 is 10.2 Å². The van der Waals surface area contributed by atoms with Gasteiger partial charge in [-0.25, -0.2) is 9.37 Å². The van der Waals surface area contributed by atoms with Crippen LogP contribution in [0.25, 0.3) is 0 Å². The lowest BCUT2D eigenvalue weighted by atomic mass is 10.1. The van der Waals surface area contributed by atoms with E-state index in [0.29, 0.717) is 25.1 Å². The summed E-state index contributed by atoms with van der Waals surface area (Å²) < 4.78 is 13.0.